The molecule has 3 rings (SSSR count). The van der Waals surface area contributed by atoms with Crippen LogP contribution in [-0.4, -0.2) is 34.9 Å². The Kier molecular flexibility index (Phi) is 10.8. The highest BCUT2D eigenvalue weighted by atomic mass is 19.4. The first-order valence-corrected chi connectivity index (χ1v) is 12.8. The van der Waals surface area contributed by atoms with Gasteiger partial charge in [0.25, 0.3) is 5.91 Å². The lowest BCUT2D eigenvalue weighted by Gasteiger charge is -2.15. The Hall–Kier alpha value is -5.45. The number of amides is 2. The number of allylic oxidation sites excluding steroid dienone is 2. The van der Waals surface area contributed by atoms with Crippen molar-refractivity contribution in [1.29, 1.82) is 0 Å². The molecule has 3 aromatic carbocycles. The largest absolute Gasteiger partial charge is 0.480 e. The van der Waals surface area contributed by atoms with Gasteiger partial charge >= 0.3 is 18.1 Å². The molecule has 0 aliphatic rings. The SMILES string of the molecule is C=C/C=C(\C=C)C(=O)Oc1ccc(C[C@H](NC(=O)c2ccc(NC(=O)Cc3ccc(C(F)(F)F)cc3)cc2)C(=O)O)cc1. The molecule has 0 fully saturated rings. The van der Waals surface area contributed by atoms with Gasteiger partial charge in [0.05, 0.1) is 17.6 Å². The van der Waals surface area contributed by atoms with Crippen LogP contribution in [0.5, 0.6) is 5.75 Å². The molecule has 0 unspecified atom stereocenters. The number of carboxylic acids is 1. The summed E-state index contributed by atoms with van der Waals surface area (Å²) in [5.41, 5.74) is 0.820. The molecule has 2 amide bonds. The molecule has 0 saturated heterocycles. The molecule has 0 saturated carbocycles. The first-order valence-electron chi connectivity index (χ1n) is 12.8. The maximum absolute atomic E-state index is 12.7. The zero-order valence-electron chi connectivity index (χ0n) is 22.7. The lowest BCUT2D eigenvalue weighted by Crippen LogP contribution is -2.42. The summed E-state index contributed by atoms with van der Waals surface area (Å²) >= 11 is 0. The van der Waals surface area contributed by atoms with Gasteiger partial charge in [0.15, 0.2) is 0 Å². The van der Waals surface area contributed by atoms with Crippen LogP contribution in [0.3, 0.4) is 0 Å². The van der Waals surface area contributed by atoms with Crippen LogP contribution < -0.4 is 15.4 Å². The fourth-order valence-electron chi connectivity index (χ4n) is 3.79. The average molecular weight is 593 g/mol. The van der Waals surface area contributed by atoms with Crippen molar-refractivity contribution in [3.05, 3.63) is 132 Å². The van der Waals surface area contributed by atoms with Gasteiger partial charge in [-0.3, -0.25) is 9.59 Å². The molecule has 11 heteroatoms. The lowest BCUT2D eigenvalue weighted by atomic mass is 10.0. The van der Waals surface area contributed by atoms with E-state index in [2.05, 4.69) is 23.8 Å². The van der Waals surface area contributed by atoms with Crippen LogP contribution in [0, 0.1) is 0 Å². The van der Waals surface area contributed by atoms with Crippen LogP contribution in [0.1, 0.15) is 27.0 Å². The molecular weight excluding hydrogens is 565 g/mol. The summed E-state index contributed by atoms with van der Waals surface area (Å²) in [6.07, 6.45) is -0.490. The number of hydrogen-bond donors (Lipinski definition) is 3. The van der Waals surface area contributed by atoms with E-state index in [9.17, 15) is 37.5 Å². The molecule has 0 aliphatic heterocycles. The smallest absolute Gasteiger partial charge is 0.416 e. The number of ether oxygens (including phenoxy) is 1. The first kappa shape index (κ1) is 32.1. The van der Waals surface area contributed by atoms with Gasteiger partial charge in [0.1, 0.15) is 11.8 Å². The van der Waals surface area contributed by atoms with E-state index in [1.165, 1.54) is 66.8 Å². The molecule has 0 bridgehead atoms. The van der Waals surface area contributed by atoms with E-state index < -0.39 is 41.5 Å². The first-order chi connectivity index (χ1) is 20.4. The van der Waals surface area contributed by atoms with E-state index in [0.29, 0.717) is 16.8 Å². The fraction of sp³-hybridized carbons (Fsp3) is 0.125. The van der Waals surface area contributed by atoms with Gasteiger partial charge in [-0.1, -0.05) is 49.6 Å². The maximum Gasteiger partial charge on any atom is 0.416 e. The molecule has 3 aromatic rings. The van der Waals surface area contributed by atoms with Crippen molar-refractivity contribution in [1.82, 2.24) is 5.32 Å². The Morgan fingerprint density at radius 1 is 0.884 bits per heavy atom. The molecule has 1 atom stereocenters. The molecule has 0 aromatic heterocycles. The second-order valence-corrected chi connectivity index (χ2v) is 9.16. The van der Waals surface area contributed by atoms with E-state index in [-0.39, 0.29) is 29.7 Å². The quantitative estimate of drug-likeness (QED) is 0.110. The van der Waals surface area contributed by atoms with E-state index in [1.54, 1.807) is 12.1 Å². The van der Waals surface area contributed by atoms with Crippen LogP contribution >= 0.6 is 0 Å². The molecule has 3 N–H and O–H groups in total. The highest BCUT2D eigenvalue weighted by Crippen LogP contribution is 2.29. The van der Waals surface area contributed by atoms with Gasteiger partial charge in [-0.05, 0) is 65.7 Å². The van der Waals surface area contributed by atoms with Gasteiger partial charge in [-0.15, -0.1) is 0 Å². The summed E-state index contributed by atoms with van der Waals surface area (Å²) in [7, 11) is 0. The number of esters is 1. The highest BCUT2D eigenvalue weighted by Gasteiger charge is 2.30. The van der Waals surface area contributed by atoms with Crippen LogP contribution in [-0.2, 0) is 33.4 Å². The minimum atomic E-state index is -4.47. The number of carbonyl (C=O) groups is 4. The number of alkyl halides is 3. The minimum absolute atomic E-state index is 0.0539. The number of halogens is 3. The van der Waals surface area contributed by atoms with Crippen molar-refractivity contribution < 1.29 is 42.2 Å². The van der Waals surface area contributed by atoms with E-state index in [1.807, 2.05) is 0 Å². The third kappa shape index (κ3) is 9.56. The number of anilines is 1. The predicted molar refractivity (Wildman–Crippen MR) is 153 cm³/mol. The molecule has 8 nitrogen and oxygen atoms in total. The molecule has 0 aliphatic carbocycles. The Morgan fingerprint density at radius 2 is 1.49 bits per heavy atom. The monoisotopic (exact) mass is 592 g/mol. The van der Waals surface area contributed by atoms with Gasteiger partial charge in [0.2, 0.25) is 5.91 Å². The number of nitrogens with one attached hydrogen (secondary N) is 2. The summed E-state index contributed by atoms with van der Waals surface area (Å²) in [5, 5.41) is 14.7. The molecule has 222 valence electrons. The van der Waals surface area contributed by atoms with E-state index >= 15 is 0 Å². The third-order valence-corrected chi connectivity index (χ3v) is 6.01. The van der Waals surface area contributed by atoms with Gasteiger partial charge in [-0.25, -0.2) is 9.59 Å². The van der Waals surface area contributed by atoms with Crippen LogP contribution in [0.2, 0.25) is 0 Å². The summed E-state index contributed by atoms with van der Waals surface area (Å²) in [6, 6.07) is 14.8. The highest BCUT2D eigenvalue weighted by molar-refractivity contribution is 5.98. The second-order valence-electron chi connectivity index (χ2n) is 9.16. The normalized spacial score (nSPS) is 12.0. The topological polar surface area (TPSA) is 122 Å². The molecule has 0 spiro atoms. The van der Waals surface area contributed by atoms with Crippen molar-refractivity contribution in [2.45, 2.75) is 25.1 Å². The summed E-state index contributed by atoms with van der Waals surface area (Å²) in [4.78, 5) is 49.0. The Morgan fingerprint density at radius 3 is 2.02 bits per heavy atom. The predicted octanol–water partition coefficient (Wildman–Crippen LogP) is 5.52. The van der Waals surface area contributed by atoms with E-state index in [0.717, 1.165) is 12.1 Å². The minimum Gasteiger partial charge on any atom is -0.480 e. The summed E-state index contributed by atoms with van der Waals surface area (Å²) in [6.45, 7) is 7.05. The number of carbonyl (C=O) groups excluding carboxylic acids is 3. The molecule has 0 heterocycles. The van der Waals surface area contributed by atoms with Crippen molar-refractivity contribution in [2.24, 2.45) is 0 Å². The summed E-state index contributed by atoms with van der Waals surface area (Å²) < 4.78 is 43.4. The van der Waals surface area contributed by atoms with Crippen LogP contribution in [0.4, 0.5) is 18.9 Å². The number of benzene rings is 3. The zero-order valence-corrected chi connectivity index (χ0v) is 22.7. The van der Waals surface area contributed by atoms with Crippen molar-refractivity contribution in [3.63, 3.8) is 0 Å². The average Bonchev–Trinajstić information content (AvgIpc) is 2.96. The van der Waals surface area contributed by atoms with Crippen molar-refractivity contribution >= 4 is 29.4 Å². The van der Waals surface area contributed by atoms with Gasteiger partial charge < -0.3 is 20.5 Å². The maximum atomic E-state index is 12.7. The Balaban J connectivity index is 1.56. The molecular formula is C32H27F3N2O6. The lowest BCUT2D eigenvalue weighted by molar-refractivity contribution is -0.139. The number of aliphatic carboxylic acids is 1. The fourth-order valence-corrected chi connectivity index (χ4v) is 3.79. The Bertz CT molecular complexity index is 1530. The van der Waals surface area contributed by atoms with E-state index in [4.69, 9.17) is 4.74 Å². The van der Waals surface area contributed by atoms with Gasteiger partial charge in [0, 0.05) is 17.7 Å². The summed E-state index contributed by atoms with van der Waals surface area (Å²) in [5.74, 6) is -2.80. The van der Waals surface area contributed by atoms with Gasteiger partial charge in [-0.2, -0.15) is 13.2 Å². The molecule has 43 heavy (non-hydrogen) atoms. The third-order valence-electron chi connectivity index (χ3n) is 6.01. The van der Waals surface area contributed by atoms with Crippen molar-refractivity contribution in [2.75, 3.05) is 5.32 Å². The zero-order chi connectivity index (χ0) is 31.6. The standard InChI is InChI=1S/C32H27F3N2O6/c1-3-5-22(4-2)31(42)43-26-16-8-20(9-17-26)18-27(30(40)41)37-29(39)23-10-14-25(15-11-23)36-28(38)19-21-6-12-24(13-7-21)32(33,34)35/h3-17,27H,1-2,18-19H2,(H,36,38)(H,37,39)(H,40,41)/b22-5+/t27-/m0/s1. The van der Waals surface area contributed by atoms with Crippen molar-refractivity contribution in [3.8, 4) is 5.75 Å². The molecule has 0 radical (unpaired) electrons. The van der Waals surface area contributed by atoms with Crippen LogP contribution in [0.25, 0.3) is 0 Å². The number of hydrogen-bond acceptors (Lipinski definition) is 5. The Labute approximate surface area is 245 Å². The number of carboxylic acid groups (broad SMARTS) is 1. The number of rotatable bonds is 12. The second kappa shape index (κ2) is 14.4. The van der Waals surface area contributed by atoms with Crippen LogP contribution in [0.15, 0.2) is 110 Å².